The molecule has 5 nitrogen and oxygen atoms in total. The van der Waals surface area contributed by atoms with Gasteiger partial charge >= 0.3 is 0 Å². The number of H-pyrrole nitrogens is 1. The third-order valence-corrected chi connectivity index (χ3v) is 2.73. The zero-order valence-corrected chi connectivity index (χ0v) is 10.6. The zero-order valence-electron chi connectivity index (χ0n) is 9.88. The van der Waals surface area contributed by atoms with Crippen LogP contribution in [0.4, 0.5) is 11.5 Å². The van der Waals surface area contributed by atoms with Crippen molar-refractivity contribution in [1.82, 2.24) is 4.98 Å². The van der Waals surface area contributed by atoms with E-state index in [1.54, 1.807) is 6.20 Å². The van der Waals surface area contributed by atoms with Gasteiger partial charge in [0.15, 0.2) is 0 Å². The minimum atomic E-state index is -0.0645. The van der Waals surface area contributed by atoms with E-state index >= 15 is 0 Å². The molecule has 1 aromatic rings. The van der Waals surface area contributed by atoms with Crippen LogP contribution in [0, 0.1) is 0 Å². The van der Waals surface area contributed by atoms with E-state index in [2.05, 4.69) is 10.3 Å². The number of aromatic nitrogens is 1. The Morgan fingerprint density at radius 2 is 2.38 bits per heavy atom. The van der Waals surface area contributed by atoms with Gasteiger partial charge in [0.25, 0.3) is 0 Å². The Morgan fingerprint density at radius 3 is 2.94 bits per heavy atom. The minimum absolute atomic E-state index is 0.0645. The van der Waals surface area contributed by atoms with Gasteiger partial charge in [-0.05, 0) is 6.92 Å². The number of ether oxygens (including phenoxy) is 1. The van der Waals surface area contributed by atoms with Gasteiger partial charge in [-0.2, -0.15) is 0 Å². The second-order valence-corrected chi connectivity index (χ2v) is 3.89. The molecule has 1 rings (SSSR count). The summed E-state index contributed by atoms with van der Waals surface area (Å²) >= 11 is 6.02. The van der Waals surface area contributed by atoms with Gasteiger partial charge in [0, 0.05) is 26.8 Å². The topological polar surface area (TPSA) is 66.3 Å². The maximum Gasteiger partial charge on any atom is 0.133 e. The Morgan fingerprint density at radius 1 is 1.69 bits per heavy atom. The molecular formula is C10H19ClN4O. The van der Waals surface area contributed by atoms with Crippen LogP contribution in [0.25, 0.3) is 0 Å². The Hall–Kier alpha value is -0.910. The number of nitrogens with two attached hydrogens (primary N) is 1. The highest BCUT2D eigenvalue weighted by Gasteiger charge is 2.16. The first kappa shape index (κ1) is 13.2. The number of anilines is 2. The molecule has 16 heavy (non-hydrogen) atoms. The average molecular weight is 247 g/mol. The summed E-state index contributed by atoms with van der Waals surface area (Å²) in [6, 6.07) is 0. The lowest BCUT2D eigenvalue weighted by atomic mass is 10.4. The molecule has 0 aliphatic rings. The maximum absolute atomic E-state index is 6.02. The van der Waals surface area contributed by atoms with Crippen molar-refractivity contribution in [3.8, 4) is 0 Å². The monoisotopic (exact) mass is 246 g/mol. The van der Waals surface area contributed by atoms with Gasteiger partial charge in [-0.3, -0.25) is 0 Å². The number of aromatic amines is 1. The Bertz CT molecular complexity index is 329. The lowest BCUT2D eigenvalue weighted by Gasteiger charge is -2.26. The van der Waals surface area contributed by atoms with E-state index in [0.717, 1.165) is 11.5 Å². The molecule has 0 spiro atoms. The standard InChI is InChI=1S/C10H19ClN4O/c1-7(16-5-4-12)15(3)10-9(13-2)8(11)6-14-10/h6-7,13-14H,4-5,12H2,1-3H3. The highest BCUT2D eigenvalue weighted by molar-refractivity contribution is 6.34. The molecule has 4 N–H and O–H groups in total. The van der Waals surface area contributed by atoms with Crippen LogP contribution in [0.3, 0.4) is 0 Å². The first-order chi connectivity index (χ1) is 7.61. The molecule has 0 amide bonds. The SMILES string of the molecule is CNc1c(Cl)c[nH]c1N(C)C(C)OCCN. The Labute approximate surface area is 101 Å². The van der Waals surface area contributed by atoms with Crippen LogP contribution >= 0.6 is 11.6 Å². The second kappa shape index (κ2) is 5.98. The van der Waals surface area contributed by atoms with Gasteiger partial charge in [0.2, 0.25) is 0 Å². The third kappa shape index (κ3) is 2.81. The molecule has 0 saturated heterocycles. The van der Waals surface area contributed by atoms with Gasteiger partial charge in [0.1, 0.15) is 12.0 Å². The number of rotatable bonds is 6. The fourth-order valence-corrected chi connectivity index (χ4v) is 1.68. The summed E-state index contributed by atoms with van der Waals surface area (Å²) in [4.78, 5) is 5.07. The van der Waals surface area contributed by atoms with Gasteiger partial charge in [0.05, 0.1) is 17.3 Å². The van der Waals surface area contributed by atoms with Crippen LogP contribution in [0.5, 0.6) is 0 Å². The van der Waals surface area contributed by atoms with Crippen LogP contribution in [-0.4, -0.2) is 38.5 Å². The third-order valence-electron chi connectivity index (χ3n) is 2.44. The molecule has 0 bridgehead atoms. The summed E-state index contributed by atoms with van der Waals surface area (Å²) in [5.41, 5.74) is 6.26. The normalized spacial score (nSPS) is 12.6. The molecule has 1 aromatic heterocycles. The molecule has 0 aliphatic heterocycles. The van der Waals surface area contributed by atoms with Crippen LogP contribution in [-0.2, 0) is 4.74 Å². The van der Waals surface area contributed by atoms with Crippen LogP contribution in [0.2, 0.25) is 5.02 Å². The van der Waals surface area contributed by atoms with E-state index in [-0.39, 0.29) is 6.23 Å². The fraction of sp³-hybridized carbons (Fsp3) is 0.600. The van der Waals surface area contributed by atoms with Gasteiger partial charge in [-0.15, -0.1) is 0 Å². The van der Waals surface area contributed by atoms with E-state index in [4.69, 9.17) is 22.1 Å². The quantitative estimate of drug-likeness (QED) is 0.665. The minimum Gasteiger partial charge on any atom is -0.384 e. The molecule has 0 aliphatic carbocycles. The first-order valence-electron chi connectivity index (χ1n) is 5.21. The predicted molar refractivity (Wildman–Crippen MR) is 68.2 cm³/mol. The summed E-state index contributed by atoms with van der Waals surface area (Å²) in [6.45, 7) is 3.02. The van der Waals surface area contributed by atoms with Crippen molar-refractivity contribution in [2.75, 3.05) is 37.5 Å². The Balaban J connectivity index is 2.74. The molecule has 0 radical (unpaired) electrons. The number of hydrogen-bond donors (Lipinski definition) is 3. The number of nitrogens with zero attached hydrogens (tertiary/aromatic N) is 1. The van der Waals surface area contributed by atoms with Crippen molar-refractivity contribution in [1.29, 1.82) is 0 Å². The van der Waals surface area contributed by atoms with Crippen LogP contribution in [0.1, 0.15) is 6.92 Å². The van der Waals surface area contributed by atoms with Gasteiger partial charge in [-0.25, -0.2) is 0 Å². The van der Waals surface area contributed by atoms with Crippen LogP contribution < -0.4 is 16.0 Å². The summed E-state index contributed by atoms with van der Waals surface area (Å²) in [5, 5.41) is 3.71. The molecule has 0 aromatic carbocycles. The molecule has 1 unspecified atom stereocenters. The van der Waals surface area contributed by atoms with E-state index in [9.17, 15) is 0 Å². The predicted octanol–water partition coefficient (Wildman–Crippen LogP) is 1.47. The summed E-state index contributed by atoms with van der Waals surface area (Å²) in [5.74, 6) is 0.900. The molecule has 0 fully saturated rings. The molecular weight excluding hydrogens is 228 g/mol. The number of hydrogen-bond acceptors (Lipinski definition) is 4. The van der Waals surface area contributed by atoms with Crippen molar-refractivity contribution >= 4 is 23.1 Å². The zero-order chi connectivity index (χ0) is 12.1. The van der Waals surface area contributed by atoms with Crippen molar-refractivity contribution in [3.63, 3.8) is 0 Å². The van der Waals surface area contributed by atoms with Gasteiger partial charge in [-0.1, -0.05) is 11.6 Å². The molecule has 0 saturated carbocycles. The van der Waals surface area contributed by atoms with Crippen molar-refractivity contribution < 1.29 is 4.74 Å². The number of halogens is 1. The average Bonchev–Trinajstić information content (AvgIpc) is 2.66. The van der Waals surface area contributed by atoms with E-state index in [1.807, 2.05) is 25.9 Å². The molecule has 92 valence electrons. The second-order valence-electron chi connectivity index (χ2n) is 3.48. The van der Waals surface area contributed by atoms with Crippen molar-refractivity contribution in [2.45, 2.75) is 13.2 Å². The van der Waals surface area contributed by atoms with Crippen LogP contribution in [0.15, 0.2) is 6.20 Å². The lowest BCUT2D eigenvalue weighted by molar-refractivity contribution is 0.0724. The first-order valence-corrected chi connectivity index (χ1v) is 5.58. The molecule has 6 heteroatoms. The molecule has 1 heterocycles. The largest absolute Gasteiger partial charge is 0.384 e. The van der Waals surface area contributed by atoms with E-state index < -0.39 is 0 Å². The summed E-state index contributed by atoms with van der Waals surface area (Å²) in [7, 11) is 3.77. The lowest BCUT2D eigenvalue weighted by Crippen LogP contribution is -2.33. The highest BCUT2D eigenvalue weighted by Crippen LogP contribution is 2.32. The van der Waals surface area contributed by atoms with E-state index in [1.165, 1.54) is 0 Å². The van der Waals surface area contributed by atoms with Crippen molar-refractivity contribution in [3.05, 3.63) is 11.2 Å². The summed E-state index contributed by atoms with van der Waals surface area (Å²) in [6.07, 6.45) is 1.68. The fourth-order valence-electron chi connectivity index (χ4n) is 1.44. The van der Waals surface area contributed by atoms with Gasteiger partial charge < -0.3 is 25.7 Å². The van der Waals surface area contributed by atoms with E-state index in [0.29, 0.717) is 18.2 Å². The summed E-state index contributed by atoms with van der Waals surface area (Å²) < 4.78 is 5.53. The highest BCUT2D eigenvalue weighted by atomic mass is 35.5. The maximum atomic E-state index is 6.02. The smallest absolute Gasteiger partial charge is 0.133 e. The number of nitrogens with one attached hydrogen (secondary N) is 2. The molecule has 1 atom stereocenters. The Kier molecular flexibility index (Phi) is 4.92. The van der Waals surface area contributed by atoms with Crippen molar-refractivity contribution in [2.24, 2.45) is 5.73 Å².